The van der Waals surface area contributed by atoms with Gasteiger partial charge in [0.15, 0.2) is 0 Å². The lowest BCUT2D eigenvalue weighted by Gasteiger charge is -2.26. The zero-order valence-corrected chi connectivity index (χ0v) is 18.1. The average Bonchev–Trinajstić information content (AvgIpc) is 2.74. The third-order valence-electron chi connectivity index (χ3n) is 4.91. The molecule has 0 bridgehead atoms. The maximum absolute atomic E-state index is 12.1. The first-order valence-corrected chi connectivity index (χ1v) is 11.2. The highest BCUT2D eigenvalue weighted by Crippen LogP contribution is 2.29. The van der Waals surface area contributed by atoms with Crippen LogP contribution >= 0.6 is 0 Å². The van der Waals surface area contributed by atoms with Crippen LogP contribution in [0.5, 0.6) is 5.75 Å². The summed E-state index contributed by atoms with van der Waals surface area (Å²) in [6.45, 7) is 3.46. The van der Waals surface area contributed by atoms with Crippen molar-refractivity contribution < 1.29 is 9.29 Å². The summed E-state index contributed by atoms with van der Waals surface area (Å²) < 4.78 is 17.3. The van der Waals surface area contributed by atoms with E-state index in [4.69, 9.17) is 4.74 Å². The summed E-state index contributed by atoms with van der Waals surface area (Å²) in [4.78, 5) is 11.3. The summed E-state index contributed by atoms with van der Waals surface area (Å²) in [5.41, 5.74) is 5.07. The fourth-order valence-electron chi connectivity index (χ4n) is 3.37. The van der Waals surface area contributed by atoms with E-state index < -0.39 is 11.2 Å². The molecule has 0 aliphatic carbocycles. The molecule has 1 aliphatic rings. The molecule has 0 fully saturated rings. The van der Waals surface area contributed by atoms with Crippen molar-refractivity contribution in [1.29, 1.82) is 0 Å². The van der Waals surface area contributed by atoms with Crippen LogP contribution in [-0.4, -0.2) is 32.8 Å². The summed E-state index contributed by atoms with van der Waals surface area (Å²) in [6.07, 6.45) is 5.58. The molecule has 0 saturated heterocycles. The van der Waals surface area contributed by atoms with Gasteiger partial charge in [-0.25, -0.2) is 0 Å². The van der Waals surface area contributed by atoms with Crippen LogP contribution in [0.15, 0.2) is 59.9 Å². The van der Waals surface area contributed by atoms with E-state index in [1.807, 2.05) is 49.5 Å². The van der Waals surface area contributed by atoms with Gasteiger partial charge in [-0.3, -0.25) is 0 Å². The van der Waals surface area contributed by atoms with Gasteiger partial charge < -0.3 is 19.5 Å². The Morgan fingerprint density at radius 3 is 2.67 bits per heavy atom. The maximum Gasteiger partial charge on any atom is 0.344 e. The first kappa shape index (κ1) is 20.3. The smallest absolute Gasteiger partial charge is 0.344 e. The highest BCUT2D eigenvalue weighted by Gasteiger charge is 2.22. The van der Waals surface area contributed by atoms with Crippen LogP contribution in [0.1, 0.15) is 22.4 Å². The minimum absolute atomic E-state index is 0.331. The molecular weight excluding hydrogens is 396 g/mol. The minimum Gasteiger partial charge on any atom is -0.609 e. The van der Waals surface area contributed by atoms with Gasteiger partial charge in [-0.1, -0.05) is 24.3 Å². The molecule has 2 heterocycles. The summed E-state index contributed by atoms with van der Waals surface area (Å²) in [7, 11) is 1.67. The van der Waals surface area contributed by atoms with E-state index in [2.05, 4.69) is 38.4 Å². The lowest BCUT2D eigenvalue weighted by molar-refractivity contribution is 0.357. The second-order valence-electron chi connectivity index (χ2n) is 7.24. The zero-order chi connectivity index (χ0) is 21.1. The molecule has 0 spiro atoms. The van der Waals surface area contributed by atoms with Crippen molar-refractivity contribution in [3.05, 3.63) is 77.1 Å². The zero-order valence-electron chi connectivity index (χ0n) is 17.3. The largest absolute Gasteiger partial charge is 0.609 e. The molecule has 4 rings (SSSR count). The topological polar surface area (TPSA) is 73.3 Å². The Bertz CT molecular complexity index is 1070. The fraction of sp³-hybridized carbons (Fsp3) is 0.217. The SMILES string of the molecule is COc1ccc(CN2C=Cc3nc([S+](C)[O-])nc(Nc4cccc(C)c4)c3C2)cc1. The molecule has 1 unspecified atom stereocenters. The van der Waals surface area contributed by atoms with E-state index >= 15 is 0 Å². The number of aromatic nitrogens is 2. The van der Waals surface area contributed by atoms with Crippen LogP contribution < -0.4 is 10.1 Å². The lowest BCUT2D eigenvalue weighted by atomic mass is 10.1. The van der Waals surface area contributed by atoms with Crippen LogP contribution in [0.4, 0.5) is 11.5 Å². The number of rotatable bonds is 6. The fourth-order valence-corrected chi connectivity index (χ4v) is 3.82. The van der Waals surface area contributed by atoms with E-state index in [0.717, 1.165) is 34.8 Å². The predicted molar refractivity (Wildman–Crippen MR) is 120 cm³/mol. The Kier molecular flexibility index (Phi) is 5.92. The second-order valence-corrected chi connectivity index (χ2v) is 8.51. The average molecular weight is 421 g/mol. The molecule has 2 aromatic carbocycles. The first-order chi connectivity index (χ1) is 14.5. The molecule has 1 aliphatic heterocycles. The third kappa shape index (κ3) is 4.58. The van der Waals surface area contributed by atoms with Gasteiger partial charge in [-0.05, 0) is 48.4 Å². The summed E-state index contributed by atoms with van der Waals surface area (Å²) in [5.74, 6) is 1.54. The number of nitrogens with zero attached hydrogens (tertiary/aromatic N) is 3. The van der Waals surface area contributed by atoms with Crippen LogP contribution in [-0.2, 0) is 24.3 Å². The molecule has 154 valence electrons. The van der Waals surface area contributed by atoms with Crippen molar-refractivity contribution in [3.8, 4) is 5.75 Å². The summed E-state index contributed by atoms with van der Waals surface area (Å²) >= 11 is -1.26. The van der Waals surface area contributed by atoms with Crippen LogP contribution in [0.2, 0.25) is 0 Å². The lowest BCUT2D eigenvalue weighted by Crippen LogP contribution is -2.23. The van der Waals surface area contributed by atoms with Crippen molar-refractivity contribution in [2.24, 2.45) is 0 Å². The number of nitrogens with one attached hydrogen (secondary N) is 1. The minimum atomic E-state index is -1.26. The molecule has 0 radical (unpaired) electrons. The van der Waals surface area contributed by atoms with Crippen molar-refractivity contribution in [1.82, 2.24) is 14.9 Å². The van der Waals surface area contributed by atoms with Crippen LogP contribution in [0.3, 0.4) is 0 Å². The summed E-state index contributed by atoms with van der Waals surface area (Å²) in [6, 6.07) is 16.2. The Balaban J connectivity index is 1.62. The molecule has 1 atom stereocenters. The molecule has 1 aromatic heterocycles. The Morgan fingerprint density at radius 1 is 1.17 bits per heavy atom. The number of fused-ring (bicyclic) bond motifs is 1. The van der Waals surface area contributed by atoms with E-state index in [1.165, 1.54) is 5.56 Å². The molecule has 3 aromatic rings. The highest BCUT2D eigenvalue weighted by molar-refractivity contribution is 7.90. The molecular formula is C23H24N4O2S. The first-order valence-electron chi connectivity index (χ1n) is 9.65. The quantitative estimate of drug-likeness (QED) is 0.474. The number of hydrogen-bond acceptors (Lipinski definition) is 6. The van der Waals surface area contributed by atoms with E-state index in [0.29, 0.717) is 17.5 Å². The monoisotopic (exact) mass is 420 g/mol. The summed E-state index contributed by atoms with van der Waals surface area (Å²) in [5, 5.41) is 3.74. The maximum atomic E-state index is 12.1. The van der Waals surface area contributed by atoms with Gasteiger partial charge in [0.05, 0.1) is 12.8 Å². The number of methoxy groups -OCH3 is 1. The molecule has 0 saturated carbocycles. The van der Waals surface area contributed by atoms with E-state index in [1.54, 1.807) is 13.4 Å². The van der Waals surface area contributed by atoms with Gasteiger partial charge in [0, 0.05) is 41.7 Å². The molecule has 0 amide bonds. The number of anilines is 2. The van der Waals surface area contributed by atoms with Gasteiger partial charge in [0.25, 0.3) is 0 Å². The van der Waals surface area contributed by atoms with E-state index in [9.17, 15) is 4.55 Å². The van der Waals surface area contributed by atoms with Crippen LogP contribution in [0, 0.1) is 6.92 Å². The van der Waals surface area contributed by atoms with Crippen molar-refractivity contribution in [2.45, 2.75) is 25.2 Å². The normalized spacial score (nSPS) is 13.7. The number of hydrogen-bond donors (Lipinski definition) is 1. The van der Waals surface area contributed by atoms with E-state index in [-0.39, 0.29) is 0 Å². The van der Waals surface area contributed by atoms with Crippen molar-refractivity contribution >= 4 is 28.8 Å². The number of benzene rings is 2. The van der Waals surface area contributed by atoms with Gasteiger partial charge in [-0.15, -0.1) is 0 Å². The molecule has 6 nitrogen and oxygen atoms in total. The molecule has 7 heteroatoms. The highest BCUT2D eigenvalue weighted by atomic mass is 32.2. The number of aryl methyl sites for hydroxylation is 1. The third-order valence-corrected chi connectivity index (χ3v) is 5.60. The Labute approximate surface area is 179 Å². The van der Waals surface area contributed by atoms with Gasteiger partial charge in [0.1, 0.15) is 17.8 Å². The Morgan fingerprint density at radius 2 is 1.97 bits per heavy atom. The van der Waals surface area contributed by atoms with Gasteiger partial charge >= 0.3 is 5.16 Å². The molecule has 1 N–H and O–H groups in total. The number of ether oxygens (including phenoxy) is 1. The predicted octanol–water partition coefficient (Wildman–Crippen LogP) is 4.26. The van der Waals surface area contributed by atoms with Crippen LogP contribution in [0.25, 0.3) is 6.08 Å². The van der Waals surface area contributed by atoms with Gasteiger partial charge in [-0.2, -0.15) is 9.97 Å². The van der Waals surface area contributed by atoms with Crippen molar-refractivity contribution in [2.75, 3.05) is 18.7 Å². The second kappa shape index (κ2) is 8.77. The van der Waals surface area contributed by atoms with Crippen molar-refractivity contribution in [3.63, 3.8) is 0 Å². The standard InChI is InChI=1S/C23H24N4O2S/c1-16-5-4-6-18(13-16)24-22-20-15-27(14-17-7-9-19(29-2)10-8-17)12-11-21(20)25-23(26-22)30(3)28/h4-13H,14-15H2,1-3H3,(H,24,25,26). The Hall–Kier alpha value is -3.03. The molecule has 30 heavy (non-hydrogen) atoms. The van der Waals surface area contributed by atoms with Gasteiger partial charge in [0.2, 0.25) is 0 Å².